The normalized spacial score (nSPS) is 11.4. The predicted octanol–water partition coefficient (Wildman–Crippen LogP) is 7.67. The lowest BCUT2D eigenvalue weighted by Gasteiger charge is -2.15. The molecule has 2 aromatic carbocycles. The van der Waals surface area contributed by atoms with E-state index in [1.165, 1.54) is 5.56 Å². The van der Waals surface area contributed by atoms with Crippen molar-refractivity contribution < 1.29 is 13.2 Å². The second kappa shape index (κ2) is 11.0. The van der Waals surface area contributed by atoms with E-state index in [0.29, 0.717) is 5.69 Å². The highest BCUT2D eigenvalue weighted by atomic mass is 19.4. The smallest absolute Gasteiger partial charge is 0.340 e. The first-order valence-corrected chi connectivity index (χ1v) is 11.0. The SMILES string of the molecule is CCCCc1ccc(Nc2ncc(C(F)(F)F)c(Nc3cccc(CCCC)c3)n2)cc1. The van der Waals surface area contributed by atoms with E-state index in [1.54, 1.807) is 6.07 Å². The molecule has 4 nitrogen and oxygen atoms in total. The van der Waals surface area contributed by atoms with E-state index in [1.807, 2.05) is 42.5 Å². The summed E-state index contributed by atoms with van der Waals surface area (Å²) in [5.74, 6) is -0.175. The van der Waals surface area contributed by atoms with Crippen LogP contribution in [-0.2, 0) is 19.0 Å². The Labute approximate surface area is 187 Å². The zero-order chi connectivity index (χ0) is 23.0. The van der Waals surface area contributed by atoms with E-state index in [2.05, 4.69) is 34.4 Å². The van der Waals surface area contributed by atoms with Crippen molar-refractivity contribution in [2.24, 2.45) is 0 Å². The Hall–Kier alpha value is -3.09. The van der Waals surface area contributed by atoms with Crippen molar-refractivity contribution in [1.29, 1.82) is 0 Å². The summed E-state index contributed by atoms with van der Waals surface area (Å²) in [5, 5.41) is 5.85. The molecule has 2 N–H and O–H groups in total. The highest BCUT2D eigenvalue weighted by Crippen LogP contribution is 2.35. The summed E-state index contributed by atoms with van der Waals surface area (Å²) in [6.07, 6.45) is 2.43. The van der Waals surface area contributed by atoms with Crippen LogP contribution in [0.3, 0.4) is 0 Å². The Kier molecular flexibility index (Phi) is 8.09. The third-order valence-corrected chi connectivity index (χ3v) is 5.13. The van der Waals surface area contributed by atoms with Crippen molar-refractivity contribution in [3.8, 4) is 0 Å². The van der Waals surface area contributed by atoms with Gasteiger partial charge in [-0.05, 0) is 61.1 Å². The number of anilines is 4. The molecule has 0 radical (unpaired) electrons. The number of aromatic nitrogens is 2. The number of hydrogen-bond donors (Lipinski definition) is 2. The third kappa shape index (κ3) is 6.70. The summed E-state index contributed by atoms with van der Waals surface area (Å²) in [6, 6.07) is 15.2. The molecule has 0 amide bonds. The van der Waals surface area contributed by atoms with Crippen LogP contribution in [0.5, 0.6) is 0 Å². The summed E-state index contributed by atoms with van der Waals surface area (Å²) in [4.78, 5) is 8.03. The molecule has 170 valence electrons. The Bertz CT molecular complexity index is 1000. The van der Waals surface area contributed by atoms with Gasteiger partial charge in [0.05, 0.1) is 0 Å². The molecule has 0 atom stereocenters. The van der Waals surface area contributed by atoms with Gasteiger partial charge in [0.15, 0.2) is 0 Å². The summed E-state index contributed by atoms with van der Waals surface area (Å²) in [7, 11) is 0. The van der Waals surface area contributed by atoms with Gasteiger partial charge in [0.25, 0.3) is 0 Å². The van der Waals surface area contributed by atoms with Gasteiger partial charge < -0.3 is 10.6 Å². The van der Waals surface area contributed by atoms with E-state index < -0.39 is 11.7 Å². The topological polar surface area (TPSA) is 49.8 Å². The molecule has 0 aliphatic heterocycles. The molecule has 0 fully saturated rings. The zero-order valence-corrected chi connectivity index (χ0v) is 18.5. The number of halogens is 3. The van der Waals surface area contributed by atoms with Crippen LogP contribution in [0.2, 0.25) is 0 Å². The standard InChI is InChI=1S/C25H29F3N4/c1-3-5-8-18-12-14-20(15-13-18)31-24-29-17-22(25(26,27)28)23(32-24)30-21-11-7-10-19(16-21)9-6-4-2/h7,10-17H,3-6,8-9H2,1-2H3,(H2,29,30,31,32). The zero-order valence-electron chi connectivity index (χ0n) is 18.5. The van der Waals surface area contributed by atoms with Crippen LogP contribution in [0.15, 0.2) is 54.7 Å². The summed E-state index contributed by atoms with van der Waals surface area (Å²) in [6.45, 7) is 4.25. The summed E-state index contributed by atoms with van der Waals surface area (Å²) < 4.78 is 40.7. The number of unbranched alkanes of at least 4 members (excludes halogenated alkanes) is 2. The maximum absolute atomic E-state index is 13.6. The number of aryl methyl sites for hydroxylation is 2. The lowest BCUT2D eigenvalue weighted by Crippen LogP contribution is -2.12. The van der Waals surface area contributed by atoms with E-state index in [0.717, 1.165) is 56.0 Å². The van der Waals surface area contributed by atoms with Crippen LogP contribution < -0.4 is 10.6 Å². The van der Waals surface area contributed by atoms with Gasteiger partial charge in [-0.15, -0.1) is 0 Å². The Morgan fingerprint density at radius 2 is 1.50 bits per heavy atom. The molecule has 32 heavy (non-hydrogen) atoms. The van der Waals surface area contributed by atoms with Crippen molar-refractivity contribution in [3.63, 3.8) is 0 Å². The van der Waals surface area contributed by atoms with Crippen molar-refractivity contribution in [2.45, 2.75) is 58.5 Å². The number of nitrogens with zero attached hydrogens (tertiary/aromatic N) is 2. The molecule has 0 spiro atoms. The average molecular weight is 443 g/mol. The van der Waals surface area contributed by atoms with E-state index in [9.17, 15) is 13.2 Å². The second-order valence-electron chi connectivity index (χ2n) is 7.81. The number of rotatable bonds is 10. The van der Waals surface area contributed by atoms with Gasteiger partial charge in [0.2, 0.25) is 5.95 Å². The van der Waals surface area contributed by atoms with Crippen LogP contribution in [0, 0.1) is 0 Å². The van der Waals surface area contributed by atoms with Gasteiger partial charge >= 0.3 is 6.18 Å². The molecule has 0 unspecified atom stereocenters. The number of hydrogen-bond acceptors (Lipinski definition) is 4. The van der Waals surface area contributed by atoms with Crippen LogP contribution in [0.1, 0.15) is 56.2 Å². The first kappa shape index (κ1) is 23.6. The van der Waals surface area contributed by atoms with Crippen LogP contribution >= 0.6 is 0 Å². The minimum atomic E-state index is -4.57. The summed E-state index contributed by atoms with van der Waals surface area (Å²) >= 11 is 0. The van der Waals surface area contributed by atoms with Gasteiger partial charge in [-0.25, -0.2) is 4.98 Å². The second-order valence-corrected chi connectivity index (χ2v) is 7.81. The fourth-order valence-electron chi connectivity index (χ4n) is 3.33. The molecule has 3 rings (SSSR count). The van der Waals surface area contributed by atoms with E-state index in [-0.39, 0.29) is 11.8 Å². The van der Waals surface area contributed by atoms with Crippen LogP contribution in [-0.4, -0.2) is 9.97 Å². The molecule has 7 heteroatoms. The lowest BCUT2D eigenvalue weighted by molar-refractivity contribution is -0.137. The van der Waals surface area contributed by atoms with Gasteiger partial charge in [-0.3, -0.25) is 0 Å². The van der Waals surface area contributed by atoms with Gasteiger partial charge in [0, 0.05) is 17.6 Å². The van der Waals surface area contributed by atoms with Crippen molar-refractivity contribution in [1.82, 2.24) is 9.97 Å². The van der Waals surface area contributed by atoms with Gasteiger partial charge in [-0.2, -0.15) is 18.2 Å². The third-order valence-electron chi connectivity index (χ3n) is 5.13. The fraction of sp³-hybridized carbons (Fsp3) is 0.360. The molecule has 0 bridgehead atoms. The molecule has 0 saturated carbocycles. The largest absolute Gasteiger partial charge is 0.421 e. The molecule has 0 saturated heterocycles. The fourth-order valence-corrected chi connectivity index (χ4v) is 3.33. The molecular weight excluding hydrogens is 413 g/mol. The van der Waals surface area contributed by atoms with E-state index >= 15 is 0 Å². The Morgan fingerprint density at radius 3 is 2.16 bits per heavy atom. The summed E-state index contributed by atoms with van der Waals surface area (Å²) in [5.41, 5.74) is 2.67. The number of alkyl halides is 3. The lowest BCUT2D eigenvalue weighted by atomic mass is 10.1. The maximum Gasteiger partial charge on any atom is 0.421 e. The minimum absolute atomic E-state index is 0.101. The van der Waals surface area contributed by atoms with Crippen molar-refractivity contribution >= 4 is 23.1 Å². The average Bonchev–Trinajstić information content (AvgIpc) is 2.77. The van der Waals surface area contributed by atoms with Gasteiger partial charge in [0.1, 0.15) is 11.4 Å². The molecule has 0 aliphatic rings. The Balaban J connectivity index is 1.82. The molecule has 3 aromatic rings. The first-order chi connectivity index (χ1) is 15.4. The number of benzene rings is 2. The molecule has 1 heterocycles. The van der Waals surface area contributed by atoms with Crippen LogP contribution in [0.25, 0.3) is 0 Å². The number of nitrogens with one attached hydrogen (secondary N) is 2. The van der Waals surface area contributed by atoms with Crippen LogP contribution in [0.4, 0.5) is 36.3 Å². The molecule has 1 aromatic heterocycles. The van der Waals surface area contributed by atoms with Gasteiger partial charge in [-0.1, -0.05) is 51.0 Å². The highest BCUT2D eigenvalue weighted by molar-refractivity contribution is 5.63. The monoisotopic (exact) mass is 442 g/mol. The molecule has 0 aliphatic carbocycles. The van der Waals surface area contributed by atoms with E-state index in [4.69, 9.17) is 0 Å². The van der Waals surface area contributed by atoms with Crippen molar-refractivity contribution in [3.05, 3.63) is 71.4 Å². The Morgan fingerprint density at radius 1 is 0.812 bits per heavy atom. The minimum Gasteiger partial charge on any atom is -0.340 e. The predicted molar refractivity (Wildman–Crippen MR) is 124 cm³/mol. The molecular formula is C25H29F3N4. The first-order valence-electron chi connectivity index (χ1n) is 11.0. The highest BCUT2D eigenvalue weighted by Gasteiger charge is 2.35. The maximum atomic E-state index is 13.6. The van der Waals surface area contributed by atoms with Crippen molar-refractivity contribution in [2.75, 3.05) is 10.6 Å². The quantitative estimate of drug-likeness (QED) is 0.338.